The van der Waals surface area contributed by atoms with Gasteiger partial charge in [0.05, 0.1) is 12.9 Å². The van der Waals surface area contributed by atoms with Crippen LogP contribution in [0.15, 0.2) is 29.4 Å². The lowest BCUT2D eigenvalue weighted by Gasteiger charge is -2.35. The first-order valence-electron chi connectivity index (χ1n) is 9.04. The van der Waals surface area contributed by atoms with Gasteiger partial charge in [-0.15, -0.1) is 10.2 Å². The number of aromatic nitrogens is 3. The summed E-state index contributed by atoms with van der Waals surface area (Å²) in [5.41, 5.74) is 2.16. The Morgan fingerprint density at radius 3 is 2.67 bits per heavy atom. The molecule has 0 unspecified atom stereocenters. The van der Waals surface area contributed by atoms with Crippen molar-refractivity contribution < 1.29 is 14.3 Å². The molecule has 1 aliphatic carbocycles. The van der Waals surface area contributed by atoms with E-state index in [1.165, 1.54) is 18.9 Å². The minimum atomic E-state index is -0.584. The van der Waals surface area contributed by atoms with Crippen molar-refractivity contribution in [3.05, 3.63) is 41.2 Å². The van der Waals surface area contributed by atoms with Crippen LogP contribution < -0.4 is 0 Å². The fourth-order valence-electron chi connectivity index (χ4n) is 3.49. The number of rotatable bonds is 5. The summed E-state index contributed by atoms with van der Waals surface area (Å²) in [7, 11) is 3.30. The number of carbonyl (C=O) groups excluding carboxylic acids is 2. The van der Waals surface area contributed by atoms with Crippen LogP contribution in [0.25, 0.3) is 0 Å². The molecule has 1 amide bonds. The number of hydrogen-bond donors (Lipinski definition) is 0. The van der Waals surface area contributed by atoms with E-state index < -0.39 is 6.04 Å². The molecule has 1 saturated carbocycles. The molecule has 8 heteroatoms. The van der Waals surface area contributed by atoms with E-state index in [-0.39, 0.29) is 17.6 Å². The molecule has 2 aliphatic rings. The number of methoxy groups -OCH3 is 1. The molecular formula is C19H22N4O3S. The van der Waals surface area contributed by atoms with Crippen LogP contribution >= 0.6 is 11.8 Å². The molecule has 1 atom stereocenters. The standard InChI is InChI=1S/C19H22N4O3S/c1-22-17(12-7-8-12)20-21-19(22)27-11-16(24)23-10-14-6-4-3-5-13(14)9-15(23)18(25)26-2/h3-6,12,15H,7-11H2,1-2H3/t15-/m0/s1. The van der Waals surface area contributed by atoms with Gasteiger partial charge in [0.15, 0.2) is 5.16 Å². The summed E-state index contributed by atoms with van der Waals surface area (Å²) in [6.07, 6.45) is 2.79. The van der Waals surface area contributed by atoms with E-state index in [2.05, 4.69) is 10.2 Å². The molecule has 4 rings (SSSR count). The van der Waals surface area contributed by atoms with E-state index in [4.69, 9.17) is 4.74 Å². The van der Waals surface area contributed by atoms with Crippen molar-refractivity contribution in [1.82, 2.24) is 19.7 Å². The van der Waals surface area contributed by atoms with Crippen LogP contribution in [0.2, 0.25) is 0 Å². The summed E-state index contributed by atoms with van der Waals surface area (Å²) in [6, 6.07) is 7.32. The molecule has 1 aromatic carbocycles. The highest BCUT2D eigenvalue weighted by Crippen LogP contribution is 2.39. The maximum atomic E-state index is 12.9. The van der Waals surface area contributed by atoms with Crippen LogP contribution in [0, 0.1) is 0 Å². The van der Waals surface area contributed by atoms with Gasteiger partial charge in [-0.25, -0.2) is 4.79 Å². The van der Waals surface area contributed by atoms with Crippen LogP contribution in [0.5, 0.6) is 0 Å². The Morgan fingerprint density at radius 1 is 1.22 bits per heavy atom. The van der Waals surface area contributed by atoms with Crippen LogP contribution in [-0.2, 0) is 34.3 Å². The highest BCUT2D eigenvalue weighted by molar-refractivity contribution is 7.99. The second kappa shape index (κ2) is 7.34. The zero-order valence-corrected chi connectivity index (χ0v) is 16.2. The number of thioether (sulfide) groups is 1. The highest BCUT2D eigenvalue weighted by Gasteiger charge is 2.35. The summed E-state index contributed by atoms with van der Waals surface area (Å²) in [5, 5.41) is 9.19. The van der Waals surface area contributed by atoms with Gasteiger partial charge in [-0.2, -0.15) is 0 Å². The summed E-state index contributed by atoms with van der Waals surface area (Å²) < 4.78 is 6.91. The molecule has 27 heavy (non-hydrogen) atoms. The summed E-state index contributed by atoms with van der Waals surface area (Å²) in [6.45, 7) is 0.418. The summed E-state index contributed by atoms with van der Waals surface area (Å²) >= 11 is 1.36. The highest BCUT2D eigenvalue weighted by atomic mass is 32.2. The molecule has 2 aromatic rings. The van der Waals surface area contributed by atoms with E-state index in [0.717, 1.165) is 34.9 Å². The van der Waals surface area contributed by atoms with Gasteiger partial charge in [0, 0.05) is 25.9 Å². The quantitative estimate of drug-likeness (QED) is 0.577. The van der Waals surface area contributed by atoms with E-state index in [1.54, 1.807) is 4.90 Å². The van der Waals surface area contributed by atoms with E-state index in [1.807, 2.05) is 35.9 Å². The number of benzene rings is 1. The third-order valence-corrected chi connectivity index (χ3v) is 6.18. The van der Waals surface area contributed by atoms with Crippen molar-refractivity contribution in [3.8, 4) is 0 Å². The molecule has 0 radical (unpaired) electrons. The monoisotopic (exact) mass is 386 g/mol. The lowest BCUT2D eigenvalue weighted by molar-refractivity contribution is -0.153. The molecule has 2 heterocycles. The lowest BCUT2D eigenvalue weighted by Crippen LogP contribution is -2.49. The Bertz CT molecular complexity index is 878. The summed E-state index contributed by atoms with van der Waals surface area (Å²) in [5.74, 6) is 1.24. The predicted molar refractivity (Wildman–Crippen MR) is 100 cm³/mol. The van der Waals surface area contributed by atoms with Crippen LogP contribution in [0.3, 0.4) is 0 Å². The largest absolute Gasteiger partial charge is 0.467 e. The molecular weight excluding hydrogens is 364 g/mol. The van der Waals surface area contributed by atoms with Crippen molar-refractivity contribution in [3.63, 3.8) is 0 Å². The van der Waals surface area contributed by atoms with Crippen molar-refractivity contribution in [2.45, 2.75) is 42.9 Å². The molecule has 0 bridgehead atoms. The Labute approximate surface area is 162 Å². The van der Waals surface area contributed by atoms with Gasteiger partial charge in [0.25, 0.3) is 0 Å². The van der Waals surface area contributed by atoms with Gasteiger partial charge in [0.2, 0.25) is 5.91 Å². The van der Waals surface area contributed by atoms with Gasteiger partial charge >= 0.3 is 5.97 Å². The van der Waals surface area contributed by atoms with Gasteiger partial charge in [0.1, 0.15) is 11.9 Å². The minimum absolute atomic E-state index is 0.0964. The number of amides is 1. The molecule has 1 aromatic heterocycles. The van der Waals surface area contributed by atoms with E-state index in [9.17, 15) is 9.59 Å². The van der Waals surface area contributed by atoms with E-state index >= 15 is 0 Å². The fraction of sp³-hybridized carbons (Fsp3) is 0.474. The first-order chi connectivity index (χ1) is 13.1. The number of esters is 1. The molecule has 0 N–H and O–H groups in total. The third kappa shape index (κ3) is 3.58. The van der Waals surface area contributed by atoms with Crippen molar-refractivity contribution in [2.24, 2.45) is 7.05 Å². The molecule has 0 spiro atoms. The van der Waals surface area contributed by atoms with Gasteiger partial charge < -0.3 is 14.2 Å². The first-order valence-corrected chi connectivity index (χ1v) is 10.0. The Kier molecular flexibility index (Phi) is 4.90. The second-order valence-electron chi connectivity index (χ2n) is 7.00. The van der Waals surface area contributed by atoms with Crippen LogP contribution in [0.4, 0.5) is 0 Å². The maximum Gasteiger partial charge on any atom is 0.328 e. The second-order valence-corrected chi connectivity index (χ2v) is 7.94. The van der Waals surface area contributed by atoms with Gasteiger partial charge in [-0.05, 0) is 24.0 Å². The molecule has 7 nitrogen and oxygen atoms in total. The molecule has 0 saturated heterocycles. The molecule has 1 fully saturated rings. The zero-order valence-electron chi connectivity index (χ0n) is 15.4. The van der Waals surface area contributed by atoms with Gasteiger partial charge in [-0.3, -0.25) is 4.79 Å². The fourth-order valence-corrected chi connectivity index (χ4v) is 4.29. The van der Waals surface area contributed by atoms with Crippen molar-refractivity contribution in [1.29, 1.82) is 0 Å². The first kappa shape index (κ1) is 18.0. The lowest BCUT2D eigenvalue weighted by atomic mass is 9.94. The molecule has 142 valence electrons. The topological polar surface area (TPSA) is 77.3 Å². The van der Waals surface area contributed by atoms with E-state index in [0.29, 0.717) is 18.9 Å². The molecule has 1 aliphatic heterocycles. The van der Waals surface area contributed by atoms with Crippen LogP contribution in [0.1, 0.15) is 35.7 Å². The smallest absolute Gasteiger partial charge is 0.328 e. The average Bonchev–Trinajstić information content (AvgIpc) is 3.47. The van der Waals surface area contributed by atoms with Crippen molar-refractivity contribution >= 4 is 23.6 Å². The number of hydrogen-bond acceptors (Lipinski definition) is 6. The maximum absolute atomic E-state index is 12.9. The zero-order chi connectivity index (χ0) is 19.0. The van der Waals surface area contributed by atoms with Crippen LogP contribution in [-0.4, -0.2) is 50.4 Å². The third-order valence-electron chi connectivity index (χ3n) is 5.18. The number of nitrogens with zero attached hydrogens (tertiary/aromatic N) is 4. The van der Waals surface area contributed by atoms with Gasteiger partial charge in [-0.1, -0.05) is 36.0 Å². The number of ether oxygens (including phenoxy) is 1. The normalized spacial score (nSPS) is 18.9. The number of carbonyl (C=O) groups is 2. The summed E-state index contributed by atoms with van der Waals surface area (Å²) in [4.78, 5) is 26.8. The average molecular weight is 386 g/mol. The Morgan fingerprint density at radius 2 is 1.96 bits per heavy atom. The minimum Gasteiger partial charge on any atom is -0.467 e. The SMILES string of the molecule is COC(=O)[C@@H]1Cc2ccccc2CN1C(=O)CSc1nnc(C2CC2)n1C. The number of fused-ring (bicyclic) bond motifs is 1. The Balaban J connectivity index is 1.48. The van der Waals surface area contributed by atoms with Crippen molar-refractivity contribution in [2.75, 3.05) is 12.9 Å². The Hall–Kier alpha value is -2.35. The predicted octanol–water partition coefficient (Wildman–Crippen LogP) is 1.91.